The molecule has 0 radical (unpaired) electrons. The summed E-state index contributed by atoms with van der Waals surface area (Å²) in [5.41, 5.74) is 0. The van der Waals surface area contributed by atoms with Crippen molar-refractivity contribution in [3.63, 3.8) is 0 Å². The molecule has 0 heterocycles. The van der Waals surface area contributed by atoms with Crippen LogP contribution in [-0.2, 0) is 9.53 Å². The van der Waals surface area contributed by atoms with Crippen LogP contribution in [0.3, 0.4) is 0 Å². The van der Waals surface area contributed by atoms with E-state index in [9.17, 15) is 14.3 Å². The molecule has 1 N–H and O–H groups in total. The molecule has 0 aromatic carbocycles. The topological polar surface area (TPSA) is 46.5 Å². The van der Waals surface area contributed by atoms with Crippen LogP contribution in [0.2, 0.25) is 0 Å². The largest absolute Gasteiger partial charge is 0.464 e. The Kier molecular flexibility index (Phi) is 5.02. The van der Waals surface area contributed by atoms with Crippen LogP contribution in [0.25, 0.3) is 0 Å². The molecule has 1 aliphatic rings. The van der Waals surface area contributed by atoms with Gasteiger partial charge in [0, 0.05) is 0 Å². The molecule has 1 aliphatic carbocycles. The predicted octanol–water partition coefficient (Wildman–Crippen LogP) is 1.83. The Morgan fingerprint density at radius 1 is 1.47 bits per heavy atom. The SMILES string of the molecule is CCOC(=O)[C@@H](F)[C@@H](O)C1CCCCC1. The molecule has 0 aromatic rings. The molecule has 3 nitrogen and oxygen atoms in total. The zero-order chi connectivity index (χ0) is 11.3. The summed E-state index contributed by atoms with van der Waals surface area (Å²) in [6.07, 6.45) is 1.70. The number of alkyl halides is 1. The Morgan fingerprint density at radius 3 is 2.60 bits per heavy atom. The summed E-state index contributed by atoms with van der Waals surface area (Å²) < 4.78 is 18.0. The quantitative estimate of drug-likeness (QED) is 0.732. The first-order chi connectivity index (χ1) is 7.16. The van der Waals surface area contributed by atoms with E-state index >= 15 is 0 Å². The van der Waals surface area contributed by atoms with Crippen molar-refractivity contribution in [3.05, 3.63) is 0 Å². The van der Waals surface area contributed by atoms with Crippen LogP contribution in [0.5, 0.6) is 0 Å². The number of hydrogen-bond donors (Lipinski definition) is 1. The average molecular weight is 218 g/mol. The van der Waals surface area contributed by atoms with E-state index in [0.717, 1.165) is 32.1 Å². The molecule has 15 heavy (non-hydrogen) atoms. The second kappa shape index (κ2) is 6.05. The van der Waals surface area contributed by atoms with Gasteiger partial charge in [-0.2, -0.15) is 0 Å². The van der Waals surface area contributed by atoms with E-state index in [1.54, 1.807) is 6.92 Å². The van der Waals surface area contributed by atoms with Crippen molar-refractivity contribution in [2.75, 3.05) is 6.61 Å². The molecule has 88 valence electrons. The Labute approximate surface area is 89.6 Å². The highest BCUT2D eigenvalue weighted by Crippen LogP contribution is 2.28. The smallest absolute Gasteiger partial charge is 0.343 e. The van der Waals surface area contributed by atoms with E-state index in [-0.39, 0.29) is 12.5 Å². The summed E-state index contributed by atoms with van der Waals surface area (Å²) in [4.78, 5) is 11.1. The molecule has 1 saturated carbocycles. The van der Waals surface area contributed by atoms with E-state index in [2.05, 4.69) is 4.74 Å². The molecule has 0 aliphatic heterocycles. The van der Waals surface area contributed by atoms with Gasteiger partial charge in [-0.1, -0.05) is 19.3 Å². The van der Waals surface area contributed by atoms with Crippen LogP contribution in [0.1, 0.15) is 39.0 Å². The van der Waals surface area contributed by atoms with Gasteiger partial charge in [-0.25, -0.2) is 9.18 Å². The van der Waals surface area contributed by atoms with Crippen LogP contribution >= 0.6 is 0 Å². The van der Waals surface area contributed by atoms with Gasteiger partial charge in [-0.05, 0) is 25.7 Å². The summed E-state index contributed by atoms with van der Waals surface area (Å²) in [6.45, 7) is 1.77. The summed E-state index contributed by atoms with van der Waals surface area (Å²) in [6, 6.07) is 0. The standard InChI is InChI=1S/C11H19FO3/c1-2-15-11(14)9(12)10(13)8-6-4-3-5-7-8/h8-10,13H,2-7H2,1H3/t9-,10-/m0/s1. The minimum atomic E-state index is -1.88. The van der Waals surface area contributed by atoms with Crippen LogP contribution in [-0.4, -0.2) is 30.0 Å². The first-order valence-electron chi connectivity index (χ1n) is 5.65. The summed E-state index contributed by atoms with van der Waals surface area (Å²) in [5.74, 6) is -1.02. The molecule has 0 saturated heterocycles. The third-order valence-corrected chi connectivity index (χ3v) is 2.94. The highest BCUT2D eigenvalue weighted by Gasteiger charge is 2.34. The molecular weight excluding hydrogens is 199 g/mol. The number of ether oxygens (including phenoxy) is 1. The van der Waals surface area contributed by atoms with Gasteiger partial charge in [0.2, 0.25) is 6.17 Å². The lowest BCUT2D eigenvalue weighted by Gasteiger charge is -2.27. The maximum Gasteiger partial charge on any atom is 0.343 e. The van der Waals surface area contributed by atoms with Crippen molar-refractivity contribution < 1.29 is 19.0 Å². The van der Waals surface area contributed by atoms with Crippen molar-refractivity contribution in [2.45, 2.75) is 51.3 Å². The van der Waals surface area contributed by atoms with Crippen molar-refractivity contribution >= 4 is 5.97 Å². The molecule has 1 rings (SSSR count). The molecule has 0 spiro atoms. The highest BCUT2D eigenvalue weighted by atomic mass is 19.1. The zero-order valence-corrected chi connectivity index (χ0v) is 9.12. The lowest BCUT2D eigenvalue weighted by Crippen LogP contribution is -2.38. The fourth-order valence-corrected chi connectivity index (χ4v) is 2.08. The molecular formula is C11H19FO3. The number of esters is 1. The van der Waals surface area contributed by atoms with Gasteiger partial charge in [-0.15, -0.1) is 0 Å². The van der Waals surface area contributed by atoms with Crippen LogP contribution < -0.4 is 0 Å². The number of aliphatic hydroxyl groups excluding tert-OH is 1. The molecule has 0 bridgehead atoms. The monoisotopic (exact) mass is 218 g/mol. The van der Waals surface area contributed by atoms with E-state index < -0.39 is 18.2 Å². The minimum absolute atomic E-state index is 0.0850. The first-order valence-corrected chi connectivity index (χ1v) is 5.65. The third kappa shape index (κ3) is 3.45. The molecule has 4 heteroatoms. The lowest BCUT2D eigenvalue weighted by atomic mass is 9.83. The maximum atomic E-state index is 13.4. The fourth-order valence-electron chi connectivity index (χ4n) is 2.08. The number of hydrogen-bond acceptors (Lipinski definition) is 3. The predicted molar refractivity (Wildman–Crippen MR) is 54.1 cm³/mol. The maximum absolute atomic E-state index is 13.4. The Hall–Kier alpha value is -0.640. The van der Waals surface area contributed by atoms with Crippen molar-refractivity contribution in [2.24, 2.45) is 5.92 Å². The van der Waals surface area contributed by atoms with Gasteiger partial charge < -0.3 is 9.84 Å². The number of halogens is 1. The Balaban J connectivity index is 2.43. The van der Waals surface area contributed by atoms with Gasteiger partial charge in [0.05, 0.1) is 12.7 Å². The Bertz CT molecular complexity index is 202. The summed E-state index contributed by atoms with van der Waals surface area (Å²) in [7, 11) is 0. The second-order valence-electron chi connectivity index (χ2n) is 4.04. The van der Waals surface area contributed by atoms with Crippen LogP contribution in [0.4, 0.5) is 4.39 Å². The van der Waals surface area contributed by atoms with Crippen LogP contribution in [0.15, 0.2) is 0 Å². The Morgan fingerprint density at radius 2 is 2.07 bits per heavy atom. The second-order valence-corrected chi connectivity index (χ2v) is 4.04. The van der Waals surface area contributed by atoms with Gasteiger partial charge in [-0.3, -0.25) is 0 Å². The van der Waals surface area contributed by atoms with Gasteiger partial charge in [0.1, 0.15) is 0 Å². The average Bonchev–Trinajstić information content (AvgIpc) is 2.28. The fraction of sp³-hybridized carbons (Fsp3) is 0.909. The summed E-state index contributed by atoms with van der Waals surface area (Å²) >= 11 is 0. The molecule has 0 aromatic heterocycles. The molecule has 2 atom stereocenters. The third-order valence-electron chi connectivity index (χ3n) is 2.94. The van der Waals surface area contributed by atoms with E-state index in [1.807, 2.05) is 0 Å². The molecule has 0 amide bonds. The molecule has 0 unspecified atom stereocenters. The van der Waals surface area contributed by atoms with E-state index in [1.165, 1.54) is 0 Å². The van der Waals surface area contributed by atoms with Gasteiger partial charge in [0.15, 0.2) is 0 Å². The van der Waals surface area contributed by atoms with Crippen LogP contribution in [0, 0.1) is 5.92 Å². The van der Waals surface area contributed by atoms with Gasteiger partial charge in [0.25, 0.3) is 0 Å². The summed E-state index contributed by atoms with van der Waals surface area (Å²) in [5, 5.41) is 9.66. The zero-order valence-electron chi connectivity index (χ0n) is 9.12. The van der Waals surface area contributed by atoms with Crippen molar-refractivity contribution in [3.8, 4) is 0 Å². The van der Waals surface area contributed by atoms with E-state index in [0.29, 0.717) is 0 Å². The van der Waals surface area contributed by atoms with Crippen molar-refractivity contribution in [1.29, 1.82) is 0 Å². The lowest BCUT2D eigenvalue weighted by molar-refractivity contribution is -0.155. The highest BCUT2D eigenvalue weighted by molar-refractivity contribution is 5.75. The van der Waals surface area contributed by atoms with E-state index in [4.69, 9.17) is 0 Å². The normalized spacial score (nSPS) is 22.1. The molecule has 1 fully saturated rings. The van der Waals surface area contributed by atoms with Crippen molar-refractivity contribution in [1.82, 2.24) is 0 Å². The number of aliphatic hydroxyl groups is 1. The first kappa shape index (κ1) is 12.4. The number of carbonyl (C=O) groups excluding carboxylic acids is 1. The number of rotatable bonds is 4. The minimum Gasteiger partial charge on any atom is -0.464 e. The number of carbonyl (C=O) groups is 1. The van der Waals surface area contributed by atoms with Gasteiger partial charge >= 0.3 is 5.97 Å².